The van der Waals surface area contributed by atoms with E-state index in [-0.39, 0.29) is 12.5 Å². The predicted molar refractivity (Wildman–Crippen MR) is 292 cm³/mol. The lowest BCUT2D eigenvalue weighted by Crippen LogP contribution is -2.45. The largest absolute Gasteiger partial charge is 0.756 e. The summed E-state index contributed by atoms with van der Waals surface area (Å²) in [4.78, 5) is 25.4. The molecule has 8 nitrogen and oxygen atoms in total. The molecule has 0 aromatic rings. The number of allylic oxidation sites excluding steroid dienone is 21. The van der Waals surface area contributed by atoms with Crippen LogP contribution in [0.2, 0.25) is 0 Å². The van der Waals surface area contributed by atoms with Gasteiger partial charge in [0.2, 0.25) is 5.91 Å². The summed E-state index contributed by atoms with van der Waals surface area (Å²) in [7, 11) is 1.22. The number of nitrogens with zero attached hydrogens (tertiary/aromatic N) is 1. The molecule has 3 unspecified atom stereocenters. The van der Waals surface area contributed by atoms with Gasteiger partial charge in [0.25, 0.3) is 7.82 Å². The lowest BCUT2D eigenvalue weighted by Gasteiger charge is -2.29. The van der Waals surface area contributed by atoms with Gasteiger partial charge in [0.05, 0.1) is 39.9 Å². The van der Waals surface area contributed by atoms with Gasteiger partial charge in [-0.25, -0.2) is 0 Å². The van der Waals surface area contributed by atoms with Crippen molar-refractivity contribution in [3.05, 3.63) is 134 Å². The summed E-state index contributed by atoms with van der Waals surface area (Å²) in [5.41, 5.74) is 0. The topological polar surface area (TPSA) is 108 Å². The number of nitrogens with one attached hydrogen (secondary N) is 1. The first-order chi connectivity index (χ1) is 33.0. The van der Waals surface area contributed by atoms with Crippen molar-refractivity contribution in [1.29, 1.82) is 0 Å². The van der Waals surface area contributed by atoms with Gasteiger partial charge in [0.15, 0.2) is 0 Å². The zero-order valence-electron chi connectivity index (χ0n) is 43.7. The third kappa shape index (κ3) is 50.5. The van der Waals surface area contributed by atoms with Gasteiger partial charge >= 0.3 is 0 Å². The van der Waals surface area contributed by atoms with E-state index in [0.29, 0.717) is 17.4 Å². The minimum absolute atomic E-state index is 0.0139. The van der Waals surface area contributed by atoms with Crippen LogP contribution in [0.1, 0.15) is 181 Å². The molecule has 0 saturated heterocycles. The van der Waals surface area contributed by atoms with Gasteiger partial charge in [-0.1, -0.05) is 212 Å². The number of phosphoric acid groups is 1. The van der Waals surface area contributed by atoms with E-state index < -0.39 is 26.6 Å². The second kappa shape index (κ2) is 48.7. The normalized spacial score (nSPS) is 15.1. The fourth-order valence-electron chi connectivity index (χ4n) is 6.71. The van der Waals surface area contributed by atoms with Crippen molar-refractivity contribution in [2.24, 2.45) is 0 Å². The Kier molecular flexibility index (Phi) is 46.3. The van der Waals surface area contributed by atoms with E-state index in [0.717, 1.165) is 116 Å². The van der Waals surface area contributed by atoms with Gasteiger partial charge in [-0.05, 0) is 96.3 Å². The highest BCUT2D eigenvalue weighted by atomic mass is 31.2. The molecule has 386 valence electrons. The maximum absolute atomic E-state index is 12.9. The summed E-state index contributed by atoms with van der Waals surface area (Å²) in [6, 6.07) is -0.909. The molecular weight excluding hydrogens is 864 g/mol. The van der Waals surface area contributed by atoms with Crippen LogP contribution < -0.4 is 10.2 Å². The summed E-state index contributed by atoms with van der Waals surface area (Å²) < 4.78 is 23.2. The number of carbonyl (C=O) groups is 1. The molecule has 0 aromatic heterocycles. The molecule has 68 heavy (non-hydrogen) atoms. The summed E-state index contributed by atoms with van der Waals surface area (Å²) >= 11 is 0. The number of aliphatic hydroxyl groups excluding tert-OH is 1. The Bertz CT molecular complexity index is 1560. The van der Waals surface area contributed by atoms with Crippen LogP contribution >= 0.6 is 7.82 Å². The summed E-state index contributed by atoms with van der Waals surface area (Å²) in [5, 5.41) is 13.8. The van der Waals surface area contributed by atoms with Crippen LogP contribution in [0.4, 0.5) is 0 Å². The Hall–Kier alpha value is -3.36. The number of phosphoric ester groups is 1. The van der Waals surface area contributed by atoms with E-state index in [2.05, 4.69) is 141 Å². The van der Waals surface area contributed by atoms with Crippen LogP contribution in [0.25, 0.3) is 0 Å². The zero-order chi connectivity index (χ0) is 49.9. The molecule has 0 radical (unpaired) electrons. The van der Waals surface area contributed by atoms with Crippen LogP contribution in [0.15, 0.2) is 134 Å². The van der Waals surface area contributed by atoms with Gasteiger partial charge < -0.3 is 28.8 Å². The maximum Gasteiger partial charge on any atom is 0.268 e. The minimum atomic E-state index is -4.61. The highest BCUT2D eigenvalue weighted by molar-refractivity contribution is 7.45. The molecule has 0 bridgehead atoms. The summed E-state index contributed by atoms with van der Waals surface area (Å²) in [6.45, 7) is 4.47. The molecule has 2 N–H and O–H groups in total. The number of amides is 1. The number of unbranched alkanes of at least 4 members (excludes halogenated alkanes) is 13. The molecule has 0 aromatic carbocycles. The van der Waals surface area contributed by atoms with E-state index >= 15 is 0 Å². The van der Waals surface area contributed by atoms with Gasteiger partial charge in [-0.2, -0.15) is 0 Å². The van der Waals surface area contributed by atoms with Crippen LogP contribution in [-0.2, 0) is 18.4 Å². The smallest absolute Gasteiger partial charge is 0.268 e. The number of hydrogen-bond acceptors (Lipinski definition) is 6. The van der Waals surface area contributed by atoms with Crippen molar-refractivity contribution in [2.45, 2.75) is 193 Å². The molecule has 0 aliphatic rings. The predicted octanol–water partition coefficient (Wildman–Crippen LogP) is 15.3. The van der Waals surface area contributed by atoms with E-state index in [1.807, 2.05) is 27.2 Å². The second-order valence-corrected chi connectivity index (χ2v) is 19.9. The van der Waals surface area contributed by atoms with Gasteiger partial charge in [0, 0.05) is 6.42 Å². The SMILES string of the molecule is CC/C=C\C/C=C\C/C=C\C/C=C\C/C=C\C/C=C\C/C=C\C/C=C\C/C=C\C/C=C\CCCCCCC(=O)NC(COP(=O)([O-])OCC[N+](C)(C)C)C(O)/C=C/CCCCCCCCCCC. The Morgan fingerprint density at radius 1 is 0.529 bits per heavy atom. The van der Waals surface area contributed by atoms with Crippen molar-refractivity contribution < 1.29 is 32.9 Å². The Morgan fingerprint density at radius 2 is 0.897 bits per heavy atom. The molecule has 3 atom stereocenters. The lowest BCUT2D eigenvalue weighted by atomic mass is 10.1. The zero-order valence-corrected chi connectivity index (χ0v) is 44.6. The molecule has 0 rings (SSSR count). The third-order valence-electron chi connectivity index (χ3n) is 10.9. The molecule has 0 saturated carbocycles. The number of rotatable bonds is 46. The maximum atomic E-state index is 12.9. The number of carbonyl (C=O) groups excluding carboxylic acids is 1. The van der Waals surface area contributed by atoms with Gasteiger partial charge in [-0.15, -0.1) is 0 Å². The monoisotopic (exact) mass is 963 g/mol. The highest BCUT2D eigenvalue weighted by Gasteiger charge is 2.23. The molecule has 1 amide bonds. The van der Waals surface area contributed by atoms with Crippen LogP contribution in [0, 0.1) is 0 Å². The van der Waals surface area contributed by atoms with Crippen molar-refractivity contribution in [2.75, 3.05) is 40.9 Å². The quantitative estimate of drug-likeness (QED) is 0.0272. The second-order valence-electron chi connectivity index (χ2n) is 18.5. The van der Waals surface area contributed by atoms with Crippen molar-refractivity contribution in [1.82, 2.24) is 5.32 Å². The molecule has 0 heterocycles. The van der Waals surface area contributed by atoms with E-state index in [1.165, 1.54) is 44.9 Å². The van der Waals surface area contributed by atoms with Crippen LogP contribution in [0.3, 0.4) is 0 Å². The molecule has 0 fully saturated rings. The van der Waals surface area contributed by atoms with E-state index in [9.17, 15) is 19.4 Å². The molecule has 0 aliphatic heterocycles. The average molecular weight is 963 g/mol. The first-order valence-corrected chi connectivity index (χ1v) is 28.0. The molecule has 0 aliphatic carbocycles. The molecule has 9 heteroatoms. The standard InChI is InChI=1S/C59H99N2O6P/c1-6-8-10-12-14-16-18-19-20-21-22-23-24-25-26-27-28-29-30-31-32-33-34-35-36-37-38-39-40-41-43-45-47-49-51-53-59(63)60-57(56-67-68(64,65)66-55-54-61(3,4)5)58(62)52-50-48-46-44-42-17-15-13-11-9-7-2/h8,10,14,16,19-20,22-23,25-26,28-29,31-32,34-35,37-38,40-41,50,52,57-58,62H,6-7,9,11-13,15,17-18,21,24,27,30,33,36,39,42-49,51,53-56H2,1-5H3,(H-,60,63,64,65)/b10-8-,16-14-,20-19-,23-22-,26-25-,29-28-,32-31-,35-34-,38-37-,41-40-,52-50+. The lowest BCUT2D eigenvalue weighted by molar-refractivity contribution is -0.870. The average Bonchev–Trinajstić information content (AvgIpc) is 3.30. The van der Waals surface area contributed by atoms with Crippen LogP contribution in [0.5, 0.6) is 0 Å². The number of aliphatic hydroxyl groups is 1. The minimum Gasteiger partial charge on any atom is -0.756 e. The molecule has 0 spiro atoms. The Balaban J connectivity index is 4.24. The summed E-state index contributed by atoms with van der Waals surface area (Å²) in [5.74, 6) is -0.230. The summed E-state index contributed by atoms with van der Waals surface area (Å²) in [6.07, 6.45) is 73.8. The number of likely N-dealkylation sites (N-methyl/N-ethyl adjacent to an activating group) is 1. The number of quaternary nitrogens is 1. The van der Waals surface area contributed by atoms with Gasteiger partial charge in [0.1, 0.15) is 13.2 Å². The van der Waals surface area contributed by atoms with Crippen LogP contribution in [-0.4, -0.2) is 68.5 Å². The molecular formula is C59H99N2O6P. The van der Waals surface area contributed by atoms with Crippen molar-refractivity contribution >= 4 is 13.7 Å². The Morgan fingerprint density at radius 3 is 1.31 bits per heavy atom. The fraction of sp³-hybridized carbons (Fsp3) is 0.610. The Labute approximate surface area is 417 Å². The van der Waals surface area contributed by atoms with Crippen molar-refractivity contribution in [3.8, 4) is 0 Å². The van der Waals surface area contributed by atoms with E-state index in [1.54, 1.807) is 6.08 Å². The third-order valence-corrected chi connectivity index (χ3v) is 11.8. The van der Waals surface area contributed by atoms with Gasteiger partial charge in [-0.3, -0.25) is 9.36 Å². The fourth-order valence-corrected chi connectivity index (χ4v) is 7.43. The van der Waals surface area contributed by atoms with Crippen molar-refractivity contribution in [3.63, 3.8) is 0 Å². The van der Waals surface area contributed by atoms with E-state index in [4.69, 9.17) is 9.05 Å². The number of hydrogen-bond donors (Lipinski definition) is 2. The first-order valence-electron chi connectivity index (χ1n) is 26.5. The highest BCUT2D eigenvalue weighted by Crippen LogP contribution is 2.38. The first kappa shape index (κ1) is 64.6.